The summed E-state index contributed by atoms with van der Waals surface area (Å²) in [5.41, 5.74) is 2.88. The van der Waals surface area contributed by atoms with Crippen LogP contribution in [0.15, 0.2) is 24.3 Å². The summed E-state index contributed by atoms with van der Waals surface area (Å²) in [4.78, 5) is 16.1. The van der Waals surface area contributed by atoms with Crippen LogP contribution < -0.4 is 0 Å². The Morgan fingerprint density at radius 3 is 2.89 bits per heavy atom. The van der Waals surface area contributed by atoms with Gasteiger partial charge in [-0.25, -0.2) is 4.98 Å². The number of ether oxygens (including phenoxy) is 1. The molecule has 1 aromatic heterocycles. The Kier molecular flexibility index (Phi) is 4.29. The van der Waals surface area contributed by atoms with Crippen LogP contribution in [0.5, 0.6) is 0 Å². The van der Waals surface area contributed by atoms with Gasteiger partial charge in [0.2, 0.25) is 0 Å². The molecule has 0 aliphatic carbocycles. The fourth-order valence-corrected chi connectivity index (χ4v) is 2.86. The van der Waals surface area contributed by atoms with Crippen molar-refractivity contribution < 1.29 is 14.6 Å². The topological polar surface area (TPSA) is 59.4 Å². The Morgan fingerprint density at radius 2 is 2.26 bits per heavy atom. The number of aryl methyl sites for hydroxylation is 1. The van der Waals surface area contributed by atoms with Gasteiger partial charge in [-0.2, -0.15) is 0 Å². The van der Waals surface area contributed by atoms with Gasteiger partial charge in [0.1, 0.15) is 5.01 Å². The van der Waals surface area contributed by atoms with E-state index in [1.165, 1.54) is 11.3 Å². The first kappa shape index (κ1) is 13.7. The number of hydrogen-bond donors (Lipinski definition) is 1. The zero-order valence-electron chi connectivity index (χ0n) is 10.8. The number of benzene rings is 1. The molecule has 1 aromatic carbocycles. The van der Waals surface area contributed by atoms with Gasteiger partial charge in [-0.15, -0.1) is 11.3 Å². The minimum absolute atomic E-state index is 0.0117. The lowest BCUT2D eigenvalue weighted by atomic mass is 10.1. The third-order valence-electron chi connectivity index (χ3n) is 2.64. The lowest BCUT2D eigenvalue weighted by molar-refractivity contribution is -0.136. The Morgan fingerprint density at radius 1 is 1.47 bits per heavy atom. The van der Waals surface area contributed by atoms with E-state index in [1.807, 2.05) is 31.2 Å². The summed E-state index contributed by atoms with van der Waals surface area (Å²) in [7, 11) is 1.58. The minimum atomic E-state index is -0.850. The molecule has 0 aliphatic rings. The van der Waals surface area contributed by atoms with E-state index in [-0.39, 0.29) is 6.42 Å². The molecule has 0 saturated heterocycles. The average molecular weight is 277 g/mol. The molecule has 100 valence electrons. The number of carbonyl (C=O) groups is 1. The van der Waals surface area contributed by atoms with Gasteiger partial charge < -0.3 is 9.84 Å². The monoisotopic (exact) mass is 277 g/mol. The van der Waals surface area contributed by atoms with Crippen molar-refractivity contribution in [2.24, 2.45) is 0 Å². The second kappa shape index (κ2) is 5.95. The molecule has 0 fully saturated rings. The predicted molar refractivity (Wildman–Crippen MR) is 74.3 cm³/mol. The maximum Gasteiger partial charge on any atom is 0.308 e. The summed E-state index contributed by atoms with van der Waals surface area (Å²) < 4.78 is 5.07. The highest BCUT2D eigenvalue weighted by Gasteiger charge is 2.15. The van der Waals surface area contributed by atoms with E-state index in [0.29, 0.717) is 12.3 Å². The first-order valence-electron chi connectivity index (χ1n) is 5.86. The van der Waals surface area contributed by atoms with Crippen molar-refractivity contribution in [2.45, 2.75) is 20.0 Å². The third kappa shape index (κ3) is 3.39. The highest BCUT2D eigenvalue weighted by Crippen LogP contribution is 2.29. The fraction of sp³-hybridized carbons (Fsp3) is 0.286. The van der Waals surface area contributed by atoms with Crippen LogP contribution in [0.3, 0.4) is 0 Å². The minimum Gasteiger partial charge on any atom is -0.481 e. The van der Waals surface area contributed by atoms with E-state index in [9.17, 15) is 4.79 Å². The third-order valence-corrected chi connectivity index (χ3v) is 3.78. The number of carboxylic acids is 1. The molecule has 1 N–H and O–H groups in total. The van der Waals surface area contributed by atoms with E-state index in [0.717, 1.165) is 21.0 Å². The summed E-state index contributed by atoms with van der Waals surface area (Å²) in [5, 5.41) is 9.76. The van der Waals surface area contributed by atoms with E-state index < -0.39 is 5.97 Å². The van der Waals surface area contributed by atoms with E-state index in [2.05, 4.69) is 4.98 Å². The lowest BCUT2D eigenvalue weighted by Gasteiger charge is -1.97. The molecule has 1 heterocycles. The summed E-state index contributed by atoms with van der Waals surface area (Å²) in [5.74, 6) is -0.850. The predicted octanol–water partition coefficient (Wildman–Crippen LogP) is 2.89. The number of aromatic nitrogens is 1. The summed E-state index contributed by atoms with van der Waals surface area (Å²) in [6.45, 7) is 2.36. The molecule has 0 aliphatic heterocycles. The molecule has 0 bridgehead atoms. The van der Waals surface area contributed by atoms with Crippen LogP contribution in [-0.2, 0) is 22.6 Å². The van der Waals surface area contributed by atoms with Gasteiger partial charge in [0.25, 0.3) is 0 Å². The van der Waals surface area contributed by atoms with Crippen LogP contribution in [0.1, 0.15) is 16.1 Å². The number of aliphatic carboxylic acids is 1. The molecule has 0 radical (unpaired) electrons. The summed E-state index contributed by atoms with van der Waals surface area (Å²) >= 11 is 1.42. The summed E-state index contributed by atoms with van der Waals surface area (Å²) in [6, 6.07) is 8.01. The second-order valence-electron chi connectivity index (χ2n) is 4.26. The van der Waals surface area contributed by atoms with Gasteiger partial charge >= 0.3 is 5.97 Å². The highest BCUT2D eigenvalue weighted by atomic mass is 32.1. The molecule has 2 aromatic rings. The van der Waals surface area contributed by atoms with Crippen LogP contribution in [0.4, 0.5) is 0 Å². The van der Waals surface area contributed by atoms with Crippen molar-refractivity contribution in [3.8, 4) is 10.6 Å². The normalized spacial score (nSPS) is 10.6. The zero-order valence-corrected chi connectivity index (χ0v) is 11.7. The van der Waals surface area contributed by atoms with Gasteiger partial charge in [-0.3, -0.25) is 4.79 Å². The Balaban J connectivity index is 2.39. The van der Waals surface area contributed by atoms with Gasteiger partial charge in [0.05, 0.1) is 18.7 Å². The van der Waals surface area contributed by atoms with Crippen LogP contribution in [-0.4, -0.2) is 23.2 Å². The van der Waals surface area contributed by atoms with Crippen LogP contribution >= 0.6 is 11.3 Å². The molecule has 0 atom stereocenters. The largest absolute Gasteiger partial charge is 0.481 e. The van der Waals surface area contributed by atoms with Crippen LogP contribution in [0, 0.1) is 6.92 Å². The number of rotatable bonds is 5. The standard InChI is InChI=1S/C14H15NO3S/c1-9-4-3-5-10(6-9)14-15-11(8-18-2)12(19-14)7-13(16)17/h3-6H,7-8H2,1-2H3,(H,16,17). The number of hydrogen-bond acceptors (Lipinski definition) is 4. The smallest absolute Gasteiger partial charge is 0.308 e. The second-order valence-corrected chi connectivity index (χ2v) is 5.35. The van der Waals surface area contributed by atoms with Gasteiger partial charge in [0, 0.05) is 17.6 Å². The van der Waals surface area contributed by atoms with E-state index in [4.69, 9.17) is 9.84 Å². The van der Waals surface area contributed by atoms with Gasteiger partial charge in [-0.1, -0.05) is 23.8 Å². The summed E-state index contributed by atoms with van der Waals surface area (Å²) in [6.07, 6.45) is -0.0117. The molecule has 19 heavy (non-hydrogen) atoms. The van der Waals surface area contributed by atoms with Gasteiger partial charge in [0.15, 0.2) is 0 Å². The number of thiazole rings is 1. The zero-order chi connectivity index (χ0) is 13.8. The van der Waals surface area contributed by atoms with E-state index in [1.54, 1.807) is 7.11 Å². The fourth-order valence-electron chi connectivity index (χ4n) is 1.81. The molecule has 0 spiro atoms. The van der Waals surface area contributed by atoms with Crippen molar-refractivity contribution in [2.75, 3.05) is 7.11 Å². The number of methoxy groups -OCH3 is 1. The van der Waals surface area contributed by atoms with Crippen molar-refractivity contribution in [1.82, 2.24) is 4.98 Å². The number of carboxylic acid groups (broad SMARTS) is 1. The quantitative estimate of drug-likeness (QED) is 0.913. The molecular weight excluding hydrogens is 262 g/mol. The first-order valence-corrected chi connectivity index (χ1v) is 6.68. The molecular formula is C14H15NO3S. The van der Waals surface area contributed by atoms with E-state index >= 15 is 0 Å². The molecule has 4 nitrogen and oxygen atoms in total. The van der Waals surface area contributed by atoms with Crippen LogP contribution in [0.25, 0.3) is 10.6 Å². The molecule has 0 saturated carbocycles. The molecule has 0 unspecified atom stereocenters. The van der Waals surface area contributed by atoms with Crippen molar-refractivity contribution in [1.29, 1.82) is 0 Å². The average Bonchev–Trinajstić information content (AvgIpc) is 2.72. The Bertz CT molecular complexity index is 592. The molecule has 2 rings (SSSR count). The first-order chi connectivity index (χ1) is 9.10. The lowest BCUT2D eigenvalue weighted by Crippen LogP contribution is -2.01. The maximum atomic E-state index is 10.9. The van der Waals surface area contributed by atoms with Crippen molar-refractivity contribution >= 4 is 17.3 Å². The number of nitrogens with zero attached hydrogens (tertiary/aromatic N) is 1. The van der Waals surface area contributed by atoms with Crippen LogP contribution in [0.2, 0.25) is 0 Å². The Labute approximate surface area is 115 Å². The van der Waals surface area contributed by atoms with Gasteiger partial charge in [-0.05, 0) is 13.0 Å². The Hall–Kier alpha value is -1.72. The van der Waals surface area contributed by atoms with Crippen molar-refractivity contribution in [3.05, 3.63) is 40.4 Å². The van der Waals surface area contributed by atoms with Crippen molar-refractivity contribution in [3.63, 3.8) is 0 Å². The highest BCUT2D eigenvalue weighted by molar-refractivity contribution is 7.15. The maximum absolute atomic E-state index is 10.9. The molecule has 5 heteroatoms. The molecule has 0 amide bonds. The SMILES string of the molecule is COCc1nc(-c2cccc(C)c2)sc1CC(=O)O.